The number of rotatable bonds is 3. The zero-order valence-electron chi connectivity index (χ0n) is 7.82. The molecule has 1 unspecified atom stereocenters. The number of carboxylic acids is 1. The van der Waals surface area contributed by atoms with Crippen molar-refractivity contribution in [1.29, 1.82) is 0 Å². The highest BCUT2D eigenvalue weighted by atomic mass is 16.5. The molecule has 0 amide bonds. The molecule has 1 heterocycles. The van der Waals surface area contributed by atoms with Gasteiger partial charge in [0.15, 0.2) is 5.60 Å². The van der Waals surface area contributed by atoms with Crippen LogP contribution in [0.25, 0.3) is 0 Å². The number of carbonyl (C=O) groups is 1. The van der Waals surface area contributed by atoms with Crippen molar-refractivity contribution in [2.45, 2.75) is 30.9 Å². The molecule has 0 bridgehead atoms. The van der Waals surface area contributed by atoms with Crippen molar-refractivity contribution >= 4 is 5.97 Å². The van der Waals surface area contributed by atoms with E-state index in [1.807, 2.05) is 0 Å². The largest absolute Gasteiger partial charge is 0.479 e. The summed E-state index contributed by atoms with van der Waals surface area (Å²) in [6, 6.07) is 0.636. The van der Waals surface area contributed by atoms with Gasteiger partial charge in [-0.3, -0.25) is 4.90 Å². The zero-order valence-corrected chi connectivity index (χ0v) is 7.82. The molecule has 1 saturated carbocycles. The highest BCUT2D eigenvalue weighted by molar-refractivity contribution is 5.78. The summed E-state index contributed by atoms with van der Waals surface area (Å²) >= 11 is 0. The highest BCUT2D eigenvalue weighted by Gasteiger charge is 2.48. The Hall–Kier alpha value is -0.610. The smallest absolute Gasteiger partial charge is 0.337 e. The Morgan fingerprint density at radius 1 is 1.62 bits per heavy atom. The molecule has 2 fully saturated rings. The molecule has 1 aliphatic heterocycles. The lowest BCUT2D eigenvalue weighted by Crippen LogP contribution is -2.43. The fourth-order valence-electron chi connectivity index (χ4n) is 1.99. The number of likely N-dealkylation sites (tertiary alicyclic amines) is 1. The molecule has 1 atom stereocenters. The van der Waals surface area contributed by atoms with Crippen LogP contribution in [0.5, 0.6) is 0 Å². The van der Waals surface area contributed by atoms with Gasteiger partial charge in [0, 0.05) is 32.7 Å². The first-order valence-corrected chi connectivity index (χ1v) is 4.70. The summed E-state index contributed by atoms with van der Waals surface area (Å²) in [5, 5.41) is 9.03. The molecule has 0 aromatic carbocycles. The van der Waals surface area contributed by atoms with E-state index in [4.69, 9.17) is 9.84 Å². The summed E-state index contributed by atoms with van der Waals surface area (Å²) in [6.07, 6.45) is 3.06. The Labute approximate surface area is 77.5 Å². The fourth-order valence-corrected chi connectivity index (χ4v) is 1.99. The van der Waals surface area contributed by atoms with Gasteiger partial charge in [0.05, 0.1) is 0 Å². The zero-order chi connectivity index (χ0) is 9.47. The Kier molecular flexibility index (Phi) is 2.04. The van der Waals surface area contributed by atoms with Crippen LogP contribution in [0.2, 0.25) is 0 Å². The lowest BCUT2D eigenvalue weighted by Gasteiger charge is -2.22. The average Bonchev–Trinajstić information content (AvgIpc) is 2.85. The van der Waals surface area contributed by atoms with Crippen molar-refractivity contribution in [2.24, 2.45) is 0 Å². The van der Waals surface area contributed by atoms with Crippen LogP contribution in [0.3, 0.4) is 0 Å². The van der Waals surface area contributed by atoms with Gasteiger partial charge >= 0.3 is 5.97 Å². The topological polar surface area (TPSA) is 49.8 Å². The van der Waals surface area contributed by atoms with Crippen molar-refractivity contribution in [3.8, 4) is 0 Å². The lowest BCUT2D eigenvalue weighted by atomic mass is 10.0. The van der Waals surface area contributed by atoms with Gasteiger partial charge < -0.3 is 9.84 Å². The van der Waals surface area contributed by atoms with Crippen LogP contribution in [0.1, 0.15) is 19.3 Å². The molecule has 2 rings (SSSR count). The lowest BCUT2D eigenvalue weighted by molar-refractivity contribution is -0.160. The van der Waals surface area contributed by atoms with E-state index in [9.17, 15) is 4.79 Å². The van der Waals surface area contributed by atoms with Gasteiger partial charge in [-0.15, -0.1) is 0 Å². The summed E-state index contributed by atoms with van der Waals surface area (Å²) in [5.74, 6) is -0.821. The number of methoxy groups -OCH3 is 1. The second-order valence-electron chi connectivity index (χ2n) is 3.96. The molecule has 4 nitrogen and oxygen atoms in total. The van der Waals surface area contributed by atoms with Gasteiger partial charge in [-0.05, 0) is 12.8 Å². The van der Waals surface area contributed by atoms with Crippen LogP contribution in [0.15, 0.2) is 0 Å². The monoisotopic (exact) mass is 185 g/mol. The number of hydrogen-bond donors (Lipinski definition) is 1. The maximum Gasteiger partial charge on any atom is 0.337 e. The van der Waals surface area contributed by atoms with Crippen molar-refractivity contribution < 1.29 is 14.6 Å². The third kappa shape index (κ3) is 1.44. The van der Waals surface area contributed by atoms with E-state index in [1.165, 1.54) is 20.0 Å². The number of carboxylic acid groups (broad SMARTS) is 1. The van der Waals surface area contributed by atoms with Crippen molar-refractivity contribution in [1.82, 2.24) is 4.90 Å². The summed E-state index contributed by atoms with van der Waals surface area (Å²) in [6.45, 7) is 1.42. The normalized spacial score (nSPS) is 35.2. The number of hydrogen-bond acceptors (Lipinski definition) is 3. The average molecular weight is 185 g/mol. The first kappa shape index (κ1) is 8.97. The van der Waals surface area contributed by atoms with Crippen LogP contribution in [0.4, 0.5) is 0 Å². The number of aliphatic carboxylic acids is 1. The maximum atomic E-state index is 11.0. The molecule has 0 spiro atoms. The molecule has 2 aliphatic rings. The summed E-state index contributed by atoms with van der Waals surface area (Å²) in [4.78, 5) is 13.2. The van der Waals surface area contributed by atoms with Crippen LogP contribution >= 0.6 is 0 Å². The number of nitrogens with zero attached hydrogens (tertiary/aromatic N) is 1. The van der Waals surface area contributed by atoms with Gasteiger partial charge in [-0.25, -0.2) is 4.79 Å². The summed E-state index contributed by atoms with van der Waals surface area (Å²) in [5.41, 5.74) is -0.928. The van der Waals surface area contributed by atoms with E-state index in [0.29, 0.717) is 19.0 Å². The molecule has 1 aliphatic carbocycles. The molecule has 74 valence electrons. The first-order valence-electron chi connectivity index (χ1n) is 4.70. The molecule has 1 saturated heterocycles. The Morgan fingerprint density at radius 2 is 2.31 bits per heavy atom. The summed E-state index contributed by atoms with van der Waals surface area (Å²) < 4.78 is 5.13. The van der Waals surface area contributed by atoms with Gasteiger partial charge in [-0.1, -0.05) is 0 Å². The quantitative estimate of drug-likeness (QED) is 0.688. The van der Waals surface area contributed by atoms with Crippen LogP contribution in [0, 0.1) is 0 Å². The van der Waals surface area contributed by atoms with Gasteiger partial charge in [0.25, 0.3) is 0 Å². The second-order valence-corrected chi connectivity index (χ2v) is 3.96. The molecule has 0 aromatic rings. The van der Waals surface area contributed by atoms with Crippen LogP contribution in [-0.2, 0) is 9.53 Å². The molecular formula is C9H15NO3. The minimum atomic E-state index is -0.928. The first-order chi connectivity index (χ1) is 6.18. The van der Waals surface area contributed by atoms with Crippen molar-refractivity contribution in [3.05, 3.63) is 0 Å². The van der Waals surface area contributed by atoms with Crippen LogP contribution in [-0.4, -0.2) is 47.8 Å². The molecule has 1 N–H and O–H groups in total. The second kappa shape index (κ2) is 2.96. The van der Waals surface area contributed by atoms with E-state index < -0.39 is 11.6 Å². The number of ether oxygens (including phenoxy) is 1. The van der Waals surface area contributed by atoms with Crippen molar-refractivity contribution in [2.75, 3.05) is 20.2 Å². The van der Waals surface area contributed by atoms with Gasteiger partial charge in [0.1, 0.15) is 0 Å². The Balaban J connectivity index is 2.03. The fraction of sp³-hybridized carbons (Fsp3) is 0.889. The van der Waals surface area contributed by atoms with E-state index in [0.717, 1.165) is 6.54 Å². The predicted octanol–water partition coefficient (Wildman–Crippen LogP) is 0.324. The predicted molar refractivity (Wildman–Crippen MR) is 46.6 cm³/mol. The Bertz CT molecular complexity index is 227. The minimum Gasteiger partial charge on any atom is -0.479 e. The SMILES string of the molecule is COC1(C(=O)O)CCN(C2CC2)C1. The molecule has 4 heteroatoms. The Morgan fingerprint density at radius 3 is 2.69 bits per heavy atom. The maximum absolute atomic E-state index is 11.0. The van der Waals surface area contributed by atoms with Crippen LogP contribution < -0.4 is 0 Å². The molecule has 0 aromatic heterocycles. The molecular weight excluding hydrogens is 170 g/mol. The van der Waals surface area contributed by atoms with E-state index in [2.05, 4.69) is 4.90 Å². The highest BCUT2D eigenvalue weighted by Crippen LogP contribution is 2.34. The summed E-state index contributed by atoms with van der Waals surface area (Å²) in [7, 11) is 1.49. The van der Waals surface area contributed by atoms with Gasteiger partial charge in [0.2, 0.25) is 0 Å². The third-order valence-corrected chi connectivity index (χ3v) is 3.11. The van der Waals surface area contributed by atoms with E-state index in [1.54, 1.807) is 0 Å². The van der Waals surface area contributed by atoms with E-state index >= 15 is 0 Å². The van der Waals surface area contributed by atoms with Crippen molar-refractivity contribution in [3.63, 3.8) is 0 Å². The van der Waals surface area contributed by atoms with Gasteiger partial charge in [-0.2, -0.15) is 0 Å². The molecule has 13 heavy (non-hydrogen) atoms. The third-order valence-electron chi connectivity index (χ3n) is 3.11. The molecule has 0 radical (unpaired) electrons. The standard InChI is InChI=1S/C9H15NO3/c1-13-9(8(11)12)4-5-10(6-9)7-2-3-7/h7H,2-6H2,1H3,(H,11,12). The van der Waals surface area contributed by atoms with E-state index in [-0.39, 0.29) is 0 Å². The minimum absolute atomic E-state index is 0.559.